The summed E-state index contributed by atoms with van der Waals surface area (Å²) < 4.78 is 46.8. The van der Waals surface area contributed by atoms with Crippen LogP contribution in [0.5, 0.6) is 0 Å². The predicted molar refractivity (Wildman–Crippen MR) is 108 cm³/mol. The highest BCUT2D eigenvalue weighted by Gasteiger charge is 2.37. The highest BCUT2D eigenvalue weighted by molar-refractivity contribution is 7.17. The van der Waals surface area contributed by atoms with E-state index < -0.39 is 17.6 Å². The molecule has 4 rings (SSSR count). The standard InChI is InChI=1S/C20H21F3N4O3S/c1-19(4-2-5-19)27-15-7-13(20(21,22)23)12(8-24-15)16-14(9-28)26-18(31-16)17(29)25-11-3-6-30-10-11/h7-9,11H,2-6,10H2,1H3,(H,24,27)(H,25,29). The zero-order valence-electron chi connectivity index (χ0n) is 16.7. The van der Waals surface area contributed by atoms with Crippen molar-refractivity contribution in [2.75, 3.05) is 18.5 Å². The Hall–Kier alpha value is -2.53. The second-order valence-electron chi connectivity index (χ2n) is 8.04. The van der Waals surface area contributed by atoms with Gasteiger partial charge in [-0.15, -0.1) is 11.3 Å². The fraction of sp³-hybridized carbons (Fsp3) is 0.500. The summed E-state index contributed by atoms with van der Waals surface area (Å²) in [6, 6.07) is 0.758. The summed E-state index contributed by atoms with van der Waals surface area (Å²) in [5.41, 5.74) is -1.71. The smallest absolute Gasteiger partial charge is 0.379 e. The maximum Gasteiger partial charge on any atom is 0.417 e. The number of amides is 1. The molecule has 1 atom stereocenters. The Labute approximate surface area is 180 Å². The van der Waals surface area contributed by atoms with Crippen LogP contribution in [0.1, 0.15) is 58.5 Å². The number of aromatic nitrogens is 2. The minimum absolute atomic E-state index is 0.0379. The molecule has 0 spiro atoms. The lowest BCUT2D eigenvalue weighted by Crippen LogP contribution is -2.41. The number of thiazole rings is 1. The van der Waals surface area contributed by atoms with Crippen molar-refractivity contribution in [3.8, 4) is 10.4 Å². The third kappa shape index (κ3) is 4.57. The number of aldehydes is 1. The molecule has 7 nitrogen and oxygen atoms in total. The lowest BCUT2D eigenvalue weighted by atomic mass is 9.78. The van der Waals surface area contributed by atoms with E-state index in [-0.39, 0.29) is 38.5 Å². The average Bonchev–Trinajstić information content (AvgIpc) is 3.35. The van der Waals surface area contributed by atoms with Gasteiger partial charge in [-0.2, -0.15) is 13.2 Å². The zero-order valence-corrected chi connectivity index (χ0v) is 17.5. The lowest BCUT2D eigenvalue weighted by Gasteiger charge is -2.39. The van der Waals surface area contributed by atoms with Gasteiger partial charge in [-0.25, -0.2) is 9.97 Å². The van der Waals surface area contributed by atoms with Crippen LogP contribution in [0, 0.1) is 0 Å². The molecule has 0 bridgehead atoms. The van der Waals surface area contributed by atoms with Crippen LogP contribution in [-0.2, 0) is 10.9 Å². The number of nitrogens with one attached hydrogen (secondary N) is 2. The summed E-state index contributed by atoms with van der Waals surface area (Å²) >= 11 is 0.738. The van der Waals surface area contributed by atoms with Crippen molar-refractivity contribution in [2.24, 2.45) is 0 Å². The number of halogens is 3. The molecular weight excluding hydrogens is 433 g/mol. The molecular formula is C20H21F3N4O3S. The van der Waals surface area contributed by atoms with E-state index >= 15 is 0 Å². The third-order valence-corrected chi connectivity index (χ3v) is 6.67. The number of hydrogen-bond acceptors (Lipinski definition) is 7. The first-order valence-corrected chi connectivity index (χ1v) is 10.7. The lowest BCUT2D eigenvalue weighted by molar-refractivity contribution is -0.137. The molecule has 1 aliphatic heterocycles. The number of hydrogen-bond donors (Lipinski definition) is 2. The molecule has 2 aromatic rings. The topological polar surface area (TPSA) is 93.2 Å². The van der Waals surface area contributed by atoms with Gasteiger partial charge in [0.15, 0.2) is 11.3 Å². The molecule has 0 radical (unpaired) electrons. The van der Waals surface area contributed by atoms with E-state index in [2.05, 4.69) is 20.6 Å². The molecule has 2 aliphatic rings. The molecule has 2 N–H and O–H groups in total. The third-order valence-electron chi connectivity index (χ3n) is 5.57. The van der Waals surface area contributed by atoms with Gasteiger partial charge in [-0.1, -0.05) is 0 Å². The first-order chi connectivity index (χ1) is 14.7. The zero-order chi connectivity index (χ0) is 22.2. The first-order valence-electron chi connectivity index (χ1n) is 9.89. The van der Waals surface area contributed by atoms with E-state index in [1.54, 1.807) is 0 Å². The maximum absolute atomic E-state index is 13.9. The molecule has 2 aromatic heterocycles. The van der Waals surface area contributed by atoms with Gasteiger partial charge in [0, 0.05) is 23.9 Å². The number of rotatable bonds is 6. The number of anilines is 1. The van der Waals surface area contributed by atoms with Gasteiger partial charge < -0.3 is 15.4 Å². The van der Waals surface area contributed by atoms with E-state index in [1.807, 2.05) is 6.92 Å². The molecule has 1 saturated heterocycles. The van der Waals surface area contributed by atoms with Crippen LogP contribution in [0.2, 0.25) is 0 Å². The molecule has 3 heterocycles. The average molecular weight is 454 g/mol. The van der Waals surface area contributed by atoms with Crippen molar-refractivity contribution < 1.29 is 27.5 Å². The van der Waals surface area contributed by atoms with Gasteiger partial charge in [-0.05, 0) is 38.7 Å². The van der Waals surface area contributed by atoms with Gasteiger partial charge >= 0.3 is 6.18 Å². The van der Waals surface area contributed by atoms with Crippen molar-refractivity contribution in [2.45, 2.75) is 50.4 Å². The minimum Gasteiger partial charge on any atom is -0.379 e. The van der Waals surface area contributed by atoms with Crippen LogP contribution in [-0.4, -0.2) is 47.0 Å². The van der Waals surface area contributed by atoms with Gasteiger partial charge in [0.1, 0.15) is 11.5 Å². The molecule has 11 heteroatoms. The highest BCUT2D eigenvalue weighted by atomic mass is 32.1. The molecule has 1 saturated carbocycles. The monoisotopic (exact) mass is 454 g/mol. The fourth-order valence-electron chi connectivity index (χ4n) is 3.68. The van der Waals surface area contributed by atoms with Gasteiger partial charge in [-0.3, -0.25) is 9.59 Å². The largest absolute Gasteiger partial charge is 0.417 e. The van der Waals surface area contributed by atoms with Gasteiger partial charge in [0.05, 0.1) is 23.1 Å². The van der Waals surface area contributed by atoms with E-state index in [9.17, 15) is 22.8 Å². The highest BCUT2D eigenvalue weighted by Crippen LogP contribution is 2.42. The predicted octanol–water partition coefficient (Wildman–Crippen LogP) is 3.91. The van der Waals surface area contributed by atoms with Crippen LogP contribution in [0.4, 0.5) is 19.0 Å². The molecule has 1 amide bonds. The van der Waals surface area contributed by atoms with Crippen molar-refractivity contribution in [3.63, 3.8) is 0 Å². The quantitative estimate of drug-likeness (QED) is 0.643. The SMILES string of the molecule is CC1(Nc2cc(C(F)(F)F)c(-c3sc(C(=O)NC4CCOC4)nc3C=O)cn2)CCC1. The van der Waals surface area contributed by atoms with Crippen LogP contribution in [0.15, 0.2) is 12.3 Å². The van der Waals surface area contributed by atoms with Crippen LogP contribution in [0.25, 0.3) is 10.4 Å². The summed E-state index contributed by atoms with van der Waals surface area (Å²) in [6.07, 6.45) is 0.111. The van der Waals surface area contributed by atoms with Crippen molar-refractivity contribution in [1.82, 2.24) is 15.3 Å². The minimum atomic E-state index is -4.68. The maximum atomic E-state index is 13.9. The van der Waals surface area contributed by atoms with Crippen molar-refractivity contribution >= 4 is 29.3 Å². The molecule has 0 aromatic carbocycles. The van der Waals surface area contributed by atoms with E-state index in [4.69, 9.17) is 4.74 Å². The second kappa shape index (κ2) is 8.19. The first kappa shape index (κ1) is 21.7. The molecule has 2 fully saturated rings. The van der Waals surface area contributed by atoms with E-state index in [0.717, 1.165) is 42.9 Å². The summed E-state index contributed by atoms with van der Waals surface area (Å²) in [7, 11) is 0. The van der Waals surface area contributed by atoms with Crippen molar-refractivity contribution in [1.29, 1.82) is 0 Å². The van der Waals surface area contributed by atoms with Gasteiger partial charge in [0.2, 0.25) is 0 Å². The summed E-state index contributed by atoms with van der Waals surface area (Å²) in [5.74, 6) is -0.429. The van der Waals surface area contributed by atoms with E-state index in [0.29, 0.717) is 25.9 Å². The Morgan fingerprint density at radius 1 is 1.39 bits per heavy atom. The molecule has 1 aliphatic carbocycles. The Kier molecular flexibility index (Phi) is 5.73. The number of carbonyl (C=O) groups is 2. The summed E-state index contributed by atoms with van der Waals surface area (Å²) in [6.45, 7) is 2.82. The Balaban J connectivity index is 1.68. The Morgan fingerprint density at radius 3 is 2.74 bits per heavy atom. The van der Waals surface area contributed by atoms with Gasteiger partial charge in [0.25, 0.3) is 5.91 Å². The summed E-state index contributed by atoms with van der Waals surface area (Å²) in [4.78, 5) is 32.1. The van der Waals surface area contributed by atoms with E-state index in [1.165, 1.54) is 0 Å². The van der Waals surface area contributed by atoms with Crippen LogP contribution < -0.4 is 10.6 Å². The normalized spacial score (nSPS) is 20.2. The number of pyridine rings is 1. The Morgan fingerprint density at radius 2 is 2.16 bits per heavy atom. The fourth-order valence-corrected chi connectivity index (χ4v) is 4.64. The second-order valence-corrected chi connectivity index (χ2v) is 9.04. The molecule has 166 valence electrons. The summed E-state index contributed by atoms with van der Waals surface area (Å²) in [5, 5.41) is 5.71. The molecule has 1 unspecified atom stereocenters. The number of carbonyl (C=O) groups excluding carboxylic acids is 2. The number of ether oxygens (including phenoxy) is 1. The van der Waals surface area contributed by atoms with Crippen molar-refractivity contribution in [3.05, 3.63) is 28.5 Å². The van der Waals surface area contributed by atoms with Crippen LogP contribution in [0.3, 0.4) is 0 Å². The Bertz CT molecular complexity index is 998. The van der Waals surface area contributed by atoms with Crippen LogP contribution >= 0.6 is 11.3 Å². The molecule has 31 heavy (non-hydrogen) atoms. The number of nitrogens with zero attached hydrogens (tertiary/aromatic N) is 2. The number of alkyl halides is 3.